The highest BCUT2D eigenvalue weighted by Gasteiger charge is 2.31. The van der Waals surface area contributed by atoms with Crippen molar-refractivity contribution >= 4 is 5.91 Å². The molecule has 0 saturated carbocycles. The summed E-state index contributed by atoms with van der Waals surface area (Å²) in [5, 5.41) is 2.83. The van der Waals surface area contributed by atoms with Crippen LogP contribution in [0.15, 0.2) is 12.1 Å². The Morgan fingerprint density at radius 2 is 2.25 bits per heavy atom. The third-order valence-electron chi connectivity index (χ3n) is 3.90. The normalized spacial score (nSPS) is 23.1. The molecule has 1 fully saturated rings. The number of ether oxygens (including phenoxy) is 2. The van der Waals surface area contributed by atoms with Crippen LogP contribution in [0.5, 0.6) is 11.5 Å². The van der Waals surface area contributed by atoms with Crippen LogP contribution in [0, 0.1) is 12.8 Å². The molecule has 20 heavy (non-hydrogen) atoms. The number of hydrogen-bond acceptors (Lipinski definition) is 3. The second-order valence-corrected chi connectivity index (χ2v) is 6.45. The lowest BCUT2D eigenvalue weighted by molar-refractivity contribution is -0.119. The lowest BCUT2D eigenvalue weighted by atomic mass is 10.0. The van der Waals surface area contributed by atoms with Crippen LogP contribution in [0.1, 0.15) is 31.4 Å². The topological polar surface area (TPSA) is 47.6 Å². The first-order valence-corrected chi connectivity index (χ1v) is 7.15. The monoisotopic (exact) mass is 275 g/mol. The van der Waals surface area contributed by atoms with Crippen LogP contribution in [-0.4, -0.2) is 24.7 Å². The van der Waals surface area contributed by atoms with E-state index < -0.39 is 0 Å². The Hall–Kier alpha value is -1.71. The average Bonchev–Trinajstić information content (AvgIpc) is 2.88. The fraction of sp³-hybridized carbons (Fsp3) is 0.562. The van der Waals surface area contributed by atoms with Crippen molar-refractivity contribution in [1.29, 1.82) is 0 Å². The molecule has 4 nitrogen and oxygen atoms in total. The zero-order chi connectivity index (χ0) is 14.3. The summed E-state index contributed by atoms with van der Waals surface area (Å²) >= 11 is 0. The Labute approximate surface area is 119 Å². The Bertz CT molecular complexity index is 551. The summed E-state index contributed by atoms with van der Waals surface area (Å²) in [6, 6.07) is 4.14. The van der Waals surface area contributed by atoms with Gasteiger partial charge in [-0.2, -0.15) is 0 Å². The molecule has 1 aromatic carbocycles. The quantitative estimate of drug-likeness (QED) is 0.920. The van der Waals surface area contributed by atoms with E-state index in [1.807, 2.05) is 6.07 Å². The third kappa shape index (κ3) is 2.60. The molecule has 2 aliphatic heterocycles. The van der Waals surface area contributed by atoms with E-state index in [4.69, 9.17) is 9.47 Å². The highest BCUT2D eigenvalue weighted by Crippen LogP contribution is 2.39. The molecule has 1 atom stereocenters. The maximum absolute atomic E-state index is 11.2. The van der Waals surface area contributed by atoms with E-state index in [1.54, 1.807) is 0 Å². The van der Waals surface area contributed by atoms with Crippen molar-refractivity contribution in [3.05, 3.63) is 23.3 Å². The molecule has 108 valence electrons. The molecular formula is C16H21NO3. The van der Waals surface area contributed by atoms with Crippen LogP contribution in [0.3, 0.4) is 0 Å². The molecule has 1 N–H and O–H groups in total. The molecule has 3 rings (SSSR count). The maximum Gasteiger partial charge on any atom is 0.220 e. The number of amides is 1. The second kappa shape index (κ2) is 4.69. The van der Waals surface area contributed by atoms with Crippen molar-refractivity contribution in [2.24, 2.45) is 5.92 Å². The second-order valence-electron chi connectivity index (χ2n) is 6.45. The van der Waals surface area contributed by atoms with E-state index in [9.17, 15) is 4.79 Å². The van der Waals surface area contributed by atoms with Crippen molar-refractivity contribution in [3.8, 4) is 11.5 Å². The molecule has 2 aliphatic rings. The van der Waals surface area contributed by atoms with Crippen LogP contribution in [0.25, 0.3) is 0 Å². The van der Waals surface area contributed by atoms with Gasteiger partial charge in [-0.1, -0.05) is 0 Å². The standard InChI is InChI=1S/C16H21NO3/c1-10-4-12-7-16(2,3)20-14(12)6-13(10)19-9-11-5-15(18)17-8-11/h4,6,11H,5,7-9H2,1-3H3,(H,17,18). The third-order valence-corrected chi connectivity index (χ3v) is 3.90. The van der Waals surface area contributed by atoms with E-state index >= 15 is 0 Å². The summed E-state index contributed by atoms with van der Waals surface area (Å²) in [5.74, 6) is 2.18. The number of carbonyl (C=O) groups excluding carboxylic acids is 1. The molecule has 0 radical (unpaired) electrons. The first-order valence-electron chi connectivity index (χ1n) is 7.15. The molecule has 0 aromatic heterocycles. The summed E-state index contributed by atoms with van der Waals surface area (Å²) in [5.41, 5.74) is 2.25. The number of benzene rings is 1. The minimum atomic E-state index is -0.130. The Balaban J connectivity index is 1.70. The van der Waals surface area contributed by atoms with Crippen molar-refractivity contribution in [2.45, 2.75) is 39.2 Å². The Morgan fingerprint density at radius 1 is 1.45 bits per heavy atom. The summed E-state index contributed by atoms with van der Waals surface area (Å²) in [7, 11) is 0. The molecule has 1 amide bonds. The first kappa shape index (κ1) is 13.3. The van der Waals surface area contributed by atoms with Gasteiger partial charge in [-0.15, -0.1) is 0 Å². The van der Waals surface area contributed by atoms with E-state index in [-0.39, 0.29) is 17.4 Å². The van der Waals surface area contributed by atoms with Crippen LogP contribution in [0.2, 0.25) is 0 Å². The molecule has 1 saturated heterocycles. The molecule has 1 unspecified atom stereocenters. The van der Waals surface area contributed by atoms with Crippen LogP contribution in [-0.2, 0) is 11.2 Å². The van der Waals surface area contributed by atoms with Crippen LogP contribution in [0.4, 0.5) is 0 Å². The van der Waals surface area contributed by atoms with Gasteiger partial charge in [0.2, 0.25) is 5.91 Å². The SMILES string of the molecule is Cc1cc2c(cc1OCC1CNC(=O)C1)OC(C)(C)C2. The molecule has 1 aromatic rings. The molecular weight excluding hydrogens is 254 g/mol. The summed E-state index contributed by atoms with van der Waals surface area (Å²) < 4.78 is 11.8. The predicted octanol–water partition coefficient (Wildman–Crippen LogP) is 2.22. The van der Waals surface area contributed by atoms with E-state index in [0.717, 1.165) is 23.5 Å². The van der Waals surface area contributed by atoms with Crippen molar-refractivity contribution in [1.82, 2.24) is 5.32 Å². The fourth-order valence-electron chi connectivity index (χ4n) is 2.90. The molecule has 2 heterocycles. The van der Waals surface area contributed by atoms with Gasteiger partial charge >= 0.3 is 0 Å². The van der Waals surface area contributed by atoms with Gasteiger partial charge in [-0.3, -0.25) is 4.79 Å². The highest BCUT2D eigenvalue weighted by atomic mass is 16.5. The van der Waals surface area contributed by atoms with Crippen LogP contribution < -0.4 is 14.8 Å². The maximum atomic E-state index is 11.2. The fourth-order valence-corrected chi connectivity index (χ4v) is 2.90. The number of fused-ring (bicyclic) bond motifs is 1. The van der Waals surface area contributed by atoms with Crippen molar-refractivity contribution in [3.63, 3.8) is 0 Å². The zero-order valence-corrected chi connectivity index (χ0v) is 12.3. The van der Waals surface area contributed by atoms with Gasteiger partial charge in [0.1, 0.15) is 17.1 Å². The van der Waals surface area contributed by atoms with Gasteiger partial charge in [0.15, 0.2) is 0 Å². The number of nitrogens with one attached hydrogen (secondary N) is 1. The summed E-state index contributed by atoms with van der Waals surface area (Å²) in [6.45, 7) is 7.53. The molecule has 0 aliphatic carbocycles. The van der Waals surface area contributed by atoms with Gasteiger partial charge in [0, 0.05) is 31.4 Å². The molecule has 0 spiro atoms. The molecule has 0 bridgehead atoms. The van der Waals surface area contributed by atoms with Gasteiger partial charge in [-0.25, -0.2) is 0 Å². The van der Waals surface area contributed by atoms with Gasteiger partial charge in [0.05, 0.1) is 6.61 Å². The first-order chi connectivity index (χ1) is 9.43. The smallest absolute Gasteiger partial charge is 0.220 e. The molecule has 4 heteroatoms. The van der Waals surface area contributed by atoms with E-state index in [0.29, 0.717) is 19.6 Å². The van der Waals surface area contributed by atoms with Gasteiger partial charge in [0.25, 0.3) is 0 Å². The lowest BCUT2D eigenvalue weighted by Gasteiger charge is -2.17. The Kier molecular flexibility index (Phi) is 3.11. The largest absolute Gasteiger partial charge is 0.493 e. The van der Waals surface area contributed by atoms with E-state index in [2.05, 4.69) is 32.2 Å². The van der Waals surface area contributed by atoms with Crippen molar-refractivity contribution < 1.29 is 14.3 Å². The minimum absolute atomic E-state index is 0.120. The summed E-state index contributed by atoms with van der Waals surface area (Å²) in [6.07, 6.45) is 1.50. The number of aryl methyl sites for hydroxylation is 1. The Morgan fingerprint density at radius 3 is 2.95 bits per heavy atom. The van der Waals surface area contributed by atoms with Gasteiger partial charge < -0.3 is 14.8 Å². The number of rotatable bonds is 3. The zero-order valence-electron chi connectivity index (χ0n) is 12.3. The number of carbonyl (C=O) groups is 1. The highest BCUT2D eigenvalue weighted by molar-refractivity contribution is 5.78. The average molecular weight is 275 g/mol. The number of hydrogen-bond donors (Lipinski definition) is 1. The van der Waals surface area contributed by atoms with Gasteiger partial charge in [-0.05, 0) is 38.0 Å². The van der Waals surface area contributed by atoms with Crippen LogP contribution >= 0.6 is 0 Å². The van der Waals surface area contributed by atoms with E-state index in [1.165, 1.54) is 5.56 Å². The predicted molar refractivity (Wildman–Crippen MR) is 76.2 cm³/mol. The summed E-state index contributed by atoms with van der Waals surface area (Å²) in [4.78, 5) is 11.2. The minimum Gasteiger partial charge on any atom is -0.493 e. The van der Waals surface area contributed by atoms with Crippen molar-refractivity contribution in [2.75, 3.05) is 13.2 Å². The lowest BCUT2D eigenvalue weighted by Crippen LogP contribution is -2.24.